The van der Waals surface area contributed by atoms with Gasteiger partial charge in [-0.25, -0.2) is 0 Å². The molecule has 0 bridgehead atoms. The molecule has 1 atom stereocenters. The van der Waals surface area contributed by atoms with E-state index >= 15 is 0 Å². The topological polar surface area (TPSA) is 72.8 Å². The maximum Gasteiger partial charge on any atom is 0.306 e. The Labute approximate surface area is 584 Å². The first-order valence-electron chi connectivity index (χ1n) is 40.4. The van der Waals surface area contributed by atoms with Gasteiger partial charge in [-0.2, -0.15) is 0 Å². The predicted octanol–water partition coefficient (Wildman–Crippen LogP) is 28.8. The molecule has 0 aromatic rings. The Morgan fingerprint density at radius 2 is 0.457 bits per heavy atom. The molecular formula is C89H152O5. The van der Waals surface area contributed by atoms with Gasteiger partial charge in [-0.3, -0.25) is 9.59 Å². The quantitative estimate of drug-likeness (QED) is 0.0373. The highest BCUT2D eigenvalue weighted by Crippen LogP contribution is 2.19. The molecule has 1 unspecified atom stereocenters. The summed E-state index contributed by atoms with van der Waals surface area (Å²) in [6.07, 6.45) is 125. The van der Waals surface area contributed by atoms with Crippen LogP contribution < -0.4 is 0 Å². The molecule has 0 aliphatic heterocycles. The largest absolute Gasteiger partial charge is 0.462 e. The molecule has 0 rings (SSSR count). The van der Waals surface area contributed by atoms with Crippen LogP contribution in [0.2, 0.25) is 0 Å². The number of unbranched alkanes of at least 4 members (excludes halogenated alkanes) is 42. The first-order chi connectivity index (χ1) is 46.6. The van der Waals surface area contributed by atoms with Gasteiger partial charge < -0.3 is 14.6 Å². The minimum absolute atomic E-state index is 0.0742. The van der Waals surface area contributed by atoms with Crippen molar-refractivity contribution in [1.82, 2.24) is 0 Å². The summed E-state index contributed by atoms with van der Waals surface area (Å²) in [5.41, 5.74) is 0. The smallest absolute Gasteiger partial charge is 0.306 e. The molecule has 0 heterocycles. The number of hydrogen-bond acceptors (Lipinski definition) is 5. The number of carbonyl (C=O) groups excluding carboxylic acids is 2. The predicted molar refractivity (Wildman–Crippen MR) is 417 cm³/mol. The van der Waals surface area contributed by atoms with Gasteiger partial charge in [-0.15, -0.1) is 0 Å². The lowest BCUT2D eigenvalue weighted by Gasteiger charge is -2.15. The molecule has 94 heavy (non-hydrogen) atoms. The van der Waals surface area contributed by atoms with E-state index in [-0.39, 0.29) is 25.2 Å². The van der Waals surface area contributed by atoms with E-state index < -0.39 is 6.10 Å². The van der Waals surface area contributed by atoms with E-state index in [2.05, 4.69) is 160 Å². The van der Waals surface area contributed by atoms with E-state index in [0.29, 0.717) is 12.8 Å². The summed E-state index contributed by atoms with van der Waals surface area (Å²) in [5.74, 6) is -0.596. The Morgan fingerprint density at radius 1 is 0.255 bits per heavy atom. The zero-order chi connectivity index (χ0) is 67.5. The molecule has 0 aromatic carbocycles. The zero-order valence-corrected chi connectivity index (χ0v) is 61.9. The third kappa shape index (κ3) is 80.2. The van der Waals surface area contributed by atoms with E-state index in [1.165, 1.54) is 244 Å². The fraction of sp³-hybridized carbons (Fsp3) is 0.708. The normalized spacial score (nSPS) is 13.0. The summed E-state index contributed by atoms with van der Waals surface area (Å²) in [5, 5.41) is 9.73. The number of allylic oxidation sites excluding steroid dienone is 24. The highest BCUT2D eigenvalue weighted by molar-refractivity contribution is 5.70. The summed E-state index contributed by atoms with van der Waals surface area (Å²) >= 11 is 0. The van der Waals surface area contributed by atoms with Crippen LogP contribution in [-0.2, 0) is 19.1 Å². The molecule has 1 N–H and O–H groups in total. The molecule has 5 heteroatoms. The van der Waals surface area contributed by atoms with Gasteiger partial charge in [-0.1, -0.05) is 397 Å². The fourth-order valence-corrected chi connectivity index (χ4v) is 11.6. The molecular weight excluding hydrogens is 1150 g/mol. The van der Waals surface area contributed by atoms with Crippen LogP contribution >= 0.6 is 0 Å². The van der Waals surface area contributed by atoms with Gasteiger partial charge >= 0.3 is 11.9 Å². The third-order valence-electron chi connectivity index (χ3n) is 17.6. The lowest BCUT2D eigenvalue weighted by atomic mass is 10.0. The molecule has 0 saturated heterocycles. The van der Waals surface area contributed by atoms with E-state index in [1.54, 1.807) is 0 Å². The number of rotatable bonds is 74. The molecule has 0 saturated carbocycles. The van der Waals surface area contributed by atoms with E-state index in [1.807, 2.05) is 0 Å². The van der Waals surface area contributed by atoms with Crippen molar-refractivity contribution in [2.75, 3.05) is 13.2 Å². The van der Waals surface area contributed by atoms with E-state index in [9.17, 15) is 14.7 Å². The molecule has 0 aliphatic carbocycles. The van der Waals surface area contributed by atoms with Crippen molar-refractivity contribution in [3.63, 3.8) is 0 Å². The molecule has 0 aliphatic rings. The van der Waals surface area contributed by atoms with Crippen molar-refractivity contribution in [2.24, 2.45) is 0 Å². The van der Waals surface area contributed by atoms with Crippen molar-refractivity contribution in [3.05, 3.63) is 146 Å². The SMILES string of the molecule is CC/C=C\C/C=C\C/C=C\C/C=C\C/C=C\C/C=C\C/C=C\C/C=C\C/C=C\C/C=C\C/C=C\CCCCCCCCCC(=O)OC(CO)COC(=O)CCCCCCCCCCCCCCCCCCCCCCCCCCCCC/C=C\CCCCCCCCCC. The van der Waals surface area contributed by atoms with Crippen LogP contribution in [0.4, 0.5) is 0 Å². The molecule has 0 spiro atoms. The standard InChI is InChI=1S/C89H152O5/c1-3-5-7-9-11-13-15-17-19-21-23-25-27-29-31-33-35-37-39-41-43-44-46-48-50-52-54-56-58-60-62-64-66-68-70-72-74-76-78-80-82-84-89(92)94-87(85-90)86-93-88(91)83-81-79-77-75-73-71-69-67-65-63-61-59-57-55-53-51-49-47-45-42-40-38-36-34-32-30-28-26-24-22-20-18-16-14-12-10-8-6-4-2/h5,7,11,13,17,19,22-25,29,31,35,37,41,43,46,48,52,54,58,60,64,66,87,90H,3-4,6,8-10,12,14-16,18,20-21,26-28,30,32-34,36,38-40,42,44-45,47,49-51,53,55-57,59,61-63,65,67-86H2,1-2H3/b7-5-,13-11-,19-17-,24-22-,25-23-,31-29-,37-35-,43-41-,48-46-,54-52-,60-58-,66-64-. The Hall–Kier alpha value is -4.22. The van der Waals surface area contributed by atoms with Crippen LogP contribution in [0, 0.1) is 0 Å². The van der Waals surface area contributed by atoms with Gasteiger partial charge in [0, 0.05) is 12.8 Å². The number of aliphatic hydroxyl groups is 1. The third-order valence-corrected chi connectivity index (χ3v) is 17.6. The number of carbonyl (C=O) groups is 2. The summed E-state index contributed by atoms with van der Waals surface area (Å²) in [6.45, 7) is 4.05. The van der Waals surface area contributed by atoms with Crippen LogP contribution in [0.1, 0.15) is 386 Å². The van der Waals surface area contributed by atoms with Gasteiger partial charge in [0.15, 0.2) is 6.10 Å². The van der Waals surface area contributed by atoms with Gasteiger partial charge in [0.1, 0.15) is 6.61 Å². The fourth-order valence-electron chi connectivity index (χ4n) is 11.6. The van der Waals surface area contributed by atoms with E-state index in [0.717, 1.165) is 116 Å². The van der Waals surface area contributed by atoms with E-state index in [4.69, 9.17) is 9.47 Å². The summed E-state index contributed by atoms with van der Waals surface area (Å²) in [6, 6.07) is 0. The van der Waals surface area contributed by atoms with Crippen LogP contribution in [-0.4, -0.2) is 36.4 Å². The minimum atomic E-state index is -0.788. The molecule has 5 nitrogen and oxygen atoms in total. The average molecular weight is 1300 g/mol. The van der Waals surface area contributed by atoms with Gasteiger partial charge in [0.25, 0.3) is 0 Å². The van der Waals surface area contributed by atoms with Crippen LogP contribution in [0.3, 0.4) is 0 Å². The van der Waals surface area contributed by atoms with Crippen molar-refractivity contribution in [3.8, 4) is 0 Å². The lowest BCUT2D eigenvalue weighted by Crippen LogP contribution is -2.28. The summed E-state index contributed by atoms with van der Waals surface area (Å²) in [7, 11) is 0. The highest BCUT2D eigenvalue weighted by Gasteiger charge is 2.16. The first-order valence-corrected chi connectivity index (χ1v) is 40.4. The second kappa shape index (κ2) is 83.0. The van der Waals surface area contributed by atoms with Crippen molar-refractivity contribution < 1.29 is 24.2 Å². The number of aliphatic hydroxyl groups excluding tert-OH is 1. The summed E-state index contributed by atoms with van der Waals surface area (Å²) in [4.78, 5) is 24.7. The number of ether oxygens (including phenoxy) is 2. The van der Waals surface area contributed by atoms with Gasteiger partial charge in [-0.05, 0) is 122 Å². The lowest BCUT2D eigenvalue weighted by molar-refractivity contribution is -0.161. The maximum absolute atomic E-state index is 12.4. The molecule has 0 fully saturated rings. The number of hydrogen-bond donors (Lipinski definition) is 1. The highest BCUT2D eigenvalue weighted by atomic mass is 16.6. The van der Waals surface area contributed by atoms with Crippen molar-refractivity contribution >= 4 is 11.9 Å². The van der Waals surface area contributed by atoms with Crippen molar-refractivity contribution in [2.45, 2.75) is 392 Å². The van der Waals surface area contributed by atoms with Crippen LogP contribution in [0.25, 0.3) is 0 Å². The van der Waals surface area contributed by atoms with Gasteiger partial charge in [0.2, 0.25) is 0 Å². The Balaban J connectivity index is 3.50. The van der Waals surface area contributed by atoms with Crippen molar-refractivity contribution in [1.29, 1.82) is 0 Å². The van der Waals surface area contributed by atoms with Crippen LogP contribution in [0.5, 0.6) is 0 Å². The Kier molecular flexibility index (Phi) is 79.3. The Morgan fingerprint density at radius 3 is 0.702 bits per heavy atom. The summed E-state index contributed by atoms with van der Waals surface area (Å²) < 4.78 is 10.8. The van der Waals surface area contributed by atoms with Gasteiger partial charge in [0.05, 0.1) is 6.61 Å². The molecule has 0 amide bonds. The monoisotopic (exact) mass is 1300 g/mol. The second-order valence-electron chi connectivity index (χ2n) is 26.8. The Bertz CT molecular complexity index is 1920. The first kappa shape index (κ1) is 89.8. The molecule has 0 radical (unpaired) electrons. The maximum atomic E-state index is 12.4. The second-order valence-corrected chi connectivity index (χ2v) is 26.8. The average Bonchev–Trinajstić information content (AvgIpc) is 3.77. The number of esters is 2. The zero-order valence-electron chi connectivity index (χ0n) is 61.9. The van der Waals surface area contributed by atoms with Crippen LogP contribution in [0.15, 0.2) is 146 Å². The molecule has 0 aromatic heterocycles. The minimum Gasteiger partial charge on any atom is -0.462 e. The molecule has 538 valence electrons.